The summed E-state index contributed by atoms with van der Waals surface area (Å²) in [5.41, 5.74) is 1.02. The number of hydrogen-bond donors (Lipinski definition) is 2. The van der Waals surface area contributed by atoms with Gasteiger partial charge in [0.05, 0.1) is 6.61 Å². The highest BCUT2D eigenvalue weighted by Gasteiger charge is 2.25. The van der Waals surface area contributed by atoms with Crippen LogP contribution in [0.5, 0.6) is 11.5 Å². The molecule has 1 aromatic carbocycles. The Labute approximate surface area is 158 Å². The third-order valence-electron chi connectivity index (χ3n) is 4.36. The molecule has 1 atom stereocenters. The molecule has 0 aliphatic carbocycles. The smallest absolute Gasteiger partial charge is 0.162 e. The van der Waals surface area contributed by atoms with E-state index in [1.165, 1.54) is 19.3 Å². The number of halogens is 2. The highest BCUT2D eigenvalue weighted by atomic mass is 35.5. The summed E-state index contributed by atoms with van der Waals surface area (Å²) < 4.78 is 5.56. The number of phenolic OH excluding ortho intramolecular Hbond substituents is 1. The lowest BCUT2D eigenvalue weighted by molar-refractivity contribution is 0.159. The van der Waals surface area contributed by atoms with Gasteiger partial charge in [-0.15, -0.1) is 24.8 Å². The van der Waals surface area contributed by atoms with Crippen LogP contribution >= 0.6 is 24.8 Å². The quantitative estimate of drug-likeness (QED) is 0.666. The predicted molar refractivity (Wildman–Crippen MR) is 105 cm³/mol. The van der Waals surface area contributed by atoms with Crippen molar-refractivity contribution in [3.8, 4) is 11.5 Å². The van der Waals surface area contributed by atoms with Crippen molar-refractivity contribution >= 4 is 24.8 Å². The fourth-order valence-corrected chi connectivity index (χ4v) is 3.20. The van der Waals surface area contributed by atoms with Gasteiger partial charge < -0.3 is 15.2 Å². The molecule has 1 saturated heterocycles. The van der Waals surface area contributed by atoms with E-state index in [-0.39, 0.29) is 30.9 Å². The van der Waals surface area contributed by atoms with E-state index in [2.05, 4.69) is 23.2 Å². The SMILES string of the molecule is CCCCC[C@H](c1cccc(OCC)c1O)N1CCNCC1.Cl.Cl. The van der Waals surface area contributed by atoms with Crippen LogP contribution in [0.3, 0.4) is 0 Å². The molecule has 0 amide bonds. The molecule has 0 spiro atoms. The first-order valence-electron chi connectivity index (χ1n) is 8.67. The van der Waals surface area contributed by atoms with E-state index in [9.17, 15) is 5.11 Å². The normalized spacial score (nSPS) is 15.9. The summed E-state index contributed by atoms with van der Waals surface area (Å²) in [5.74, 6) is 0.931. The molecular formula is C18H32Cl2N2O2. The van der Waals surface area contributed by atoms with Crippen molar-refractivity contribution in [2.24, 2.45) is 0 Å². The van der Waals surface area contributed by atoms with Crippen molar-refractivity contribution in [2.75, 3.05) is 32.8 Å². The van der Waals surface area contributed by atoms with Crippen molar-refractivity contribution < 1.29 is 9.84 Å². The minimum absolute atomic E-state index is 0. The summed E-state index contributed by atoms with van der Waals surface area (Å²) in [6.07, 6.45) is 4.76. The molecule has 4 nitrogen and oxygen atoms in total. The van der Waals surface area contributed by atoms with Gasteiger partial charge in [0, 0.05) is 37.8 Å². The second kappa shape index (κ2) is 12.6. The van der Waals surface area contributed by atoms with Gasteiger partial charge in [0.2, 0.25) is 0 Å². The van der Waals surface area contributed by atoms with Gasteiger partial charge in [-0.2, -0.15) is 0 Å². The lowest BCUT2D eigenvalue weighted by Gasteiger charge is -2.35. The number of nitrogens with one attached hydrogen (secondary N) is 1. The zero-order chi connectivity index (χ0) is 15.8. The number of hydrogen-bond acceptors (Lipinski definition) is 4. The number of rotatable bonds is 8. The van der Waals surface area contributed by atoms with Gasteiger partial charge in [-0.25, -0.2) is 0 Å². The molecule has 1 heterocycles. The molecule has 0 radical (unpaired) electrons. The van der Waals surface area contributed by atoms with E-state index in [1.807, 2.05) is 19.1 Å². The van der Waals surface area contributed by atoms with E-state index in [1.54, 1.807) is 0 Å². The number of ether oxygens (including phenoxy) is 1. The molecule has 0 unspecified atom stereocenters. The maximum Gasteiger partial charge on any atom is 0.162 e. The van der Waals surface area contributed by atoms with Crippen LogP contribution < -0.4 is 10.1 Å². The van der Waals surface area contributed by atoms with Crippen molar-refractivity contribution in [1.29, 1.82) is 0 Å². The van der Waals surface area contributed by atoms with Crippen LogP contribution in [0, 0.1) is 0 Å². The number of aromatic hydroxyl groups is 1. The van der Waals surface area contributed by atoms with Crippen molar-refractivity contribution in [1.82, 2.24) is 10.2 Å². The van der Waals surface area contributed by atoms with Gasteiger partial charge >= 0.3 is 0 Å². The van der Waals surface area contributed by atoms with Crippen LogP contribution in [-0.4, -0.2) is 42.8 Å². The van der Waals surface area contributed by atoms with Crippen LogP contribution in [0.1, 0.15) is 51.1 Å². The molecular weight excluding hydrogens is 347 g/mol. The maximum absolute atomic E-state index is 10.6. The number of nitrogens with zero attached hydrogens (tertiary/aromatic N) is 1. The Bertz CT molecular complexity index is 455. The Kier molecular flexibility index (Phi) is 12.3. The molecule has 1 aliphatic heterocycles. The maximum atomic E-state index is 10.6. The zero-order valence-electron chi connectivity index (χ0n) is 14.8. The molecule has 1 aliphatic rings. The first-order valence-corrected chi connectivity index (χ1v) is 8.67. The van der Waals surface area contributed by atoms with E-state index < -0.39 is 0 Å². The molecule has 2 N–H and O–H groups in total. The molecule has 1 fully saturated rings. The third-order valence-corrected chi connectivity index (χ3v) is 4.36. The largest absolute Gasteiger partial charge is 0.504 e. The highest BCUT2D eigenvalue weighted by molar-refractivity contribution is 5.85. The summed E-state index contributed by atoms with van der Waals surface area (Å²) in [7, 11) is 0. The lowest BCUT2D eigenvalue weighted by Crippen LogP contribution is -2.45. The molecule has 0 bridgehead atoms. The predicted octanol–water partition coefficient (Wildman–Crippen LogP) is 4.16. The fraction of sp³-hybridized carbons (Fsp3) is 0.667. The monoisotopic (exact) mass is 378 g/mol. The first kappa shape index (κ1) is 23.3. The van der Waals surface area contributed by atoms with Crippen molar-refractivity contribution in [3.63, 3.8) is 0 Å². The molecule has 24 heavy (non-hydrogen) atoms. The number of phenols is 1. The second-order valence-corrected chi connectivity index (χ2v) is 5.92. The van der Waals surface area contributed by atoms with Gasteiger partial charge in [-0.05, 0) is 19.4 Å². The van der Waals surface area contributed by atoms with E-state index in [0.29, 0.717) is 18.1 Å². The van der Waals surface area contributed by atoms with Crippen molar-refractivity contribution in [2.45, 2.75) is 45.6 Å². The molecule has 6 heteroatoms. The van der Waals surface area contributed by atoms with E-state index in [0.717, 1.165) is 38.2 Å². The number of benzene rings is 1. The van der Waals surface area contributed by atoms with Gasteiger partial charge in [0.1, 0.15) is 0 Å². The molecule has 0 saturated carbocycles. The van der Waals surface area contributed by atoms with E-state index in [4.69, 9.17) is 4.74 Å². The van der Waals surface area contributed by atoms with Gasteiger partial charge in [0.25, 0.3) is 0 Å². The Morgan fingerprint density at radius 1 is 1.17 bits per heavy atom. The standard InChI is InChI=1S/C18H30N2O2.2ClH/c1-3-5-6-9-16(20-13-11-19-12-14-20)15-8-7-10-17(18(15)21)22-4-2;;/h7-8,10,16,19,21H,3-6,9,11-14H2,1-2H3;2*1H/t16-;;/m1../s1. The topological polar surface area (TPSA) is 44.7 Å². The number of unbranched alkanes of at least 4 members (excludes halogenated alkanes) is 2. The van der Waals surface area contributed by atoms with Crippen LogP contribution in [0.4, 0.5) is 0 Å². The highest BCUT2D eigenvalue weighted by Crippen LogP contribution is 2.38. The van der Waals surface area contributed by atoms with Gasteiger partial charge in [-0.1, -0.05) is 38.3 Å². The molecule has 140 valence electrons. The van der Waals surface area contributed by atoms with Crippen molar-refractivity contribution in [3.05, 3.63) is 23.8 Å². The zero-order valence-corrected chi connectivity index (χ0v) is 16.4. The Morgan fingerprint density at radius 2 is 1.88 bits per heavy atom. The summed E-state index contributed by atoms with van der Waals surface area (Å²) in [6, 6.07) is 6.18. The lowest BCUT2D eigenvalue weighted by atomic mass is 9.97. The van der Waals surface area contributed by atoms with Gasteiger partial charge in [0.15, 0.2) is 11.5 Å². The second-order valence-electron chi connectivity index (χ2n) is 5.92. The summed E-state index contributed by atoms with van der Waals surface area (Å²) >= 11 is 0. The average Bonchev–Trinajstić information content (AvgIpc) is 2.55. The summed E-state index contributed by atoms with van der Waals surface area (Å²) in [6.45, 7) is 8.87. The fourth-order valence-electron chi connectivity index (χ4n) is 3.20. The summed E-state index contributed by atoms with van der Waals surface area (Å²) in [4.78, 5) is 2.50. The first-order chi connectivity index (χ1) is 10.8. The van der Waals surface area contributed by atoms with Crippen LogP contribution in [0.2, 0.25) is 0 Å². The van der Waals surface area contributed by atoms with Crippen LogP contribution in [0.15, 0.2) is 18.2 Å². The Balaban J connectivity index is 0.00000264. The summed E-state index contributed by atoms with van der Waals surface area (Å²) in [5, 5.41) is 14.0. The Morgan fingerprint density at radius 3 is 2.50 bits per heavy atom. The molecule has 2 rings (SSSR count). The minimum atomic E-state index is 0. The number of para-hydroxylation sites is 1. The molecule has 0 aromatic heterocycles. The minimum Gasteiger partial charge on any atom is -0.504 e. The third kappa shape index (κ3) is 6.32. The van der Waals surface area contributed by atoms with E-state index >= 15 is 0 Å². The number of piperazine rings is 1. The average molecular weight is 379 g/mol. The van der Waals surface area contributed by atoms with Crippen LogP contribution in [-0.2, 0) is 0 Å². The molecule has 1 aromatic rings. The van der Waals surface area contributed by atoms with Crippen LogP contribution in [0.25, 0.3) is 0 Å². The van der Waals surface area contributed by atoms with Gasteiger partial charge in [-0.3, -0.25) is 4.90 Å². The Hall–Kier alpha value is -0.680.